The smallest absolute Gasteiger partial charge is 0.315 e. The molecule has 32 heavy (non-hydrogen) atoms. The number of hydrogen-bond donors (Lipinski definition) is 2. The van der Waals surface area contributed by atoms with Crippen LogP contribution in [0.3, 0.4) is 0 Å². The zero-order valence-electron chi connectivity index (χ0n) is 21.2. The van der Waals surface area contributed by atoms with Gasteiger partial charge in [0.25, 0.3) is 0 Å². The van der Waals surface area contributed by atoms with Crippen LogP contribution in [0.15, 0.2) is 35.4 Å². The first-order chi connectivity index (χ1) is 15.4. The lowest BCUT2D eigenvalue weighted by atomic mass is 10.00. The minimum atomic E-state index is -0.199. The molecule has 0 aliphatic carbocycles. The summed E-state index contributed by atoms with van der Waals surface area (Å²) in [5.74, 6) is 0.442. The Morgan fingerprint density at radius 3 is 2.56 bits per heavy atom. The minimum absolute atomic E-state index is 0.106. The third-order valence-corrected chi connectivity index (χ3v) is 5.66. The second-order valence-corrected chi connectivity index (χ2v) is 8.73. The molecule has 180 valence electrons. The number of rotatable bonds is 11. The van der Waals surface area contributed by atoms with E-state index in [1.807, 2.05) is 26.0 Å². The molecule has 0 bridgehead atoms. The van der Waals surface area contributed by atoms with E-state index in [4.69, 9.17) is 4.74 Å². The minimum Gasteiger partial charge on any atom is -0.508 e. The van der Waals surface area contributed by atoms with Crippen molar-refractivity contribution in [1.29, 1.82) is 0 Å². The summed E-state index contributed by atoms with van der Waals surface area (Å²) >= 11 is 0. The first-order valence-corrected chi connectivity index (χ1v) is 12.5. The monoisotopic (exact) mass is 443 g/mol. The second kappa shape index (κ2) is 15.7. The Hall–Kier alpha value is -2.07. The predicted molar refractivity (Wildman–Crippen MR) is 135 cm³/mol. The number of phenols is 1. The van der Waals surface area contributed by atoms with E-state index in [9.17, 15) is 9.90 Å². The van der Waals surface area contributed by atoms with Crippen LogP contribution in [0.2, 0.25) is 0 Å². The number of carbonyl (C=O) groups excluding carboxylic acids is 1. The normalized spacial score (nSPS) is 15.7. The largest absolute Gasteiger partial charge is 0.508 e. The molecule has 1 aliphatic heterocycles. The summed E-state index contributed by atoms with van der Waals surface area (Å²) in [5, 5.41) is 13.9. The van der Waals surface area contributed by atoms with Crippen molar-refractivity contribution in [3.63, 3.8) is 0 Å². The number of allylic oxidation sites excluding steroid dienone is 4. The predicted octanol–water partition coefficient (Wildman–Crippen LogP) is 6.90. The van der Waals surface area contributed by atoms with Crippen LogP contribution < -0.4 is 10.1 Å². The Morgan fingerprint density at radius 1 is 1.19 bits per heavy atom. The van der Waals surface area contributed by atoms with Crippen LogP contribution in [0, 0.1) is 5.92 Å². The van der Waals surface area contributed by atoms with Crippen LogP contribution in [-0.2, 0) is 17.6 Å². The highest BCUT2D eigenvalue weighted by Crippen LogP contribution is 2.33. The molecule has 0 radical (unpaired) electrons. The van der Waals surface area contributed by atoms with Gasteiger partial charge in [0, 0.05) is 12.1 Å². The molecule has 1 atom stereocenters. The van der Waals surface area contributed by atoms with Crippen LogP contribution in [-0.4, -0.2) is 24.2 Å². The number of hydrogen-bond acceptors (Lipinski definition) is 4. The van der Waals surface area contributed by atoms with Gasteiger partial charge in [0.05, 0.1) is 5.92 Å². The van der Waals surface area contributed by atoms with Crippen LogP contribution >= 0.6 is 0 Å². The van der Waals surface area contributed by atoms with Crippen molar-refractivity contribution >= 4 is 5.97 Å². The van der Waals surface area contributed by atoms with E-state index in [1.54, 1.807) is 0 Å². The molecule has 4 nitrogen and oxygen atoms in total. The third kappa shape index (κ3) is 10.0. The number of aromatic hydroxyl groups is 1. The third-order valence-electron chi connectivity index (χ3n) is 5.66. The average molecular weight is 444 g/mol. The van der Waals surface area contributed by atoms with Gasteiger partial charge in [-0.15, -0.1) is 0 Å². The summed E-state index contributed by atoms with van der Waals surface area (Å²) in [6.07, 6.45) is 12.0. The number of phenolic OH excluding ortho intramolecular Hbond substituents is 1. The van der Waals surface area contributed by atoms with Crippen molar-refractivity contribution in [2.24, 2.45) is 5.92 Å². The van der Waals surface area contributed by atoms with Gasteiger partial charge >= 0.3 is 5.97 Å². The first-order valence-electron chi connectivity index (χ1n) is 12.5. The van der Waals surface area contributed by atoms with E-state index < -0.39 is 0 Å². The SMILES string of the molecule is CC.CCCCCc1cc(O)c(C/C=C(\C)CCC=C(C)C)c(OC(=O)C2CCNC2)c1. The lowest BCUT2D eigenvalue weighted by Crippen LogP contribution is -2.23. The highest BCUT2D eigenvalue weighted by atomic mass is 16.5. The van der Waals surface area contributed by atoms with Crippen LogP contribution in [0.1, 0.15) is 91.2 Å². The van der Waals surface area contributed by atoms with Crippen LogP contribution in [0.4, 0.5) is 0 Å². The summed E-state index contributed by atoms with van der Waals surface area (Å²) in [5.41, 5.74) is 4.34. The number of esters is 1. The van der Waals surface area contributed by atoms with E-state index in [0.717, 1.165) is 57.1 Å². The highest BCUT2D eigenvalue weighted by molar-refractivity contribution is 5.76. The molecule has 1 unspecified atom stereocenters. The van der Waals surface area contributed by atoms with Crippen LogP contribution in [0.25, 0.3) is 0 Å². The molecular formula is C28H45NO3. The summed E-state index contributed by atoms with van der Waals surface area (Å²) in [4.78, 5) is 12.6. The molecule has 0 aromatic heterocycles. The van der Waals surface area contributed by atoms with Gasteiger partial charge < -0.3 is 15.2 Å². The number of carbonyl (C=O) groups is 1. The highest BCUT2D eigenvalue weighted by Gasteiger charge is 2.25. The van der Waals surface area contributed by atoms with Gasteiger partial charge in [-0.3, -0.25) is 4.79 Å². The lowest BCUT2D eigenvalue weighted by Gasteiger charge is -2.15. The van der Waals surface area contributed by atoms with E-state index in [2.05, 4.69) is 45.2 Å². The lowest BCUT2D eigenvalue weighted by molar-refractivity contribution is -0.138. The fourth-order valence-corrected chi connectivity index (χ4v) is 3.72. The van der Waals surface area contributed by atoms with Crippen molar-refractivity contribution in [2.45, 2.75) is 92.9 Å². The van der Waals surface area contributed by atoms with Gasteiger partial charge in [0.2, 0.25) is 0 Å². The summed E-state index contributed by atoms with van der Waals surface area (Å²) in [7, 11) is 0. The van der Waals surface area contributed by atoms with E-state index in [-0.39, 0.29) is 17.6 Å². The maximum absolute atomic E-state index is 12.6. The molecule has 1 aromatic carbocycles. The van der Waals surface area contributed by atoms with Crippen molar-refractivity contribution in [3.05, 3.63) is 46.6 Å². The van der Waals surface area contributed by atoms with Gasteiger partial charge in [-0.05, 0) is 83.5 Å². The Kier molecular flexibility index (Phi) is 13.7. The van der Waals surface area contributed by atoms with Crippen molar-refractivity contribution < 1.29 is 14.6 Å². The molecule has 2 rings (SSSR count). The molecule has 1 heterocycles. The van der Waals surface area contributed by atoms with E-state index >= 15 is 0 Å². The van der Waals surface area contributed by atoms with Gasteiger partial charge in [0.1, 0.15) is 11.5 Å². The molecule has 1 fully saturated rings. The molecule has 1 aromatic rings. The molecule has 2 N–H and O–H groups in total. The van der Waals surface area contributed by atoms with Crippen molar-refractivity contribution in [3.8, 4) is 11.5 Å². The van der Waals surface area contributed by atoms with Gasteiger partial charge in [-0.25, -0.2) is 0 Å². The van der Waals surface area contributed by atoms with Crippen LogP contribution in [0.5, 0.6) is 11.5 Å². The molecular weight excluding hydrogens is 398 g/mol. The quantitative estimate of drug-likeness (QED) is 0.169. The Labute approximate surface area is 196 Å². The molecule has 4 heteroatoms. The topological polar surface area (TPSA) is 58.6 Å². The van der Waals surface area contributed by atoms with Crippen molar-refractivity contribution in [2.75, 3.05) is 13.1 Å². The Morgan fingerprint density at radius 2 is 1.94 bits per heavy atom. The number of unbranched alkanes of at least 4 members (excludes halogenated alkanes) is 2. The standard InChI is InChI=1S/C26H39NO3.C2H6/c1-5-6-7-11-21-16-24(28)23(13-12-20(4)10-8-9-19(2)3)25(17-21)30-26(29)22-14-15-27-18-22;1-2/h9,12,16-17,22,27-28H,5-8,10-11,13-15,18H2,1-4H3;1-2H3/b20-12+;. The summed E-state index contributed by atoms with van der Waals surface area (Å²) in [6.45, 7) is 14.0. The summed E-state index contributed by atoms with van der Waals surface area (Å²) < 4.78 is 5.82. The Bertz CT molecular complexity index is 754. The van der Waals surface area contributed by atoms with E-state index in [0.29, 0.717) is 24.3 Å². The number of nitrogens with one attached hydrogen (secondary N) is 1. The number of benzene rings is 1. The second-order valence-electron chi connectivity index (χ2n) is 8.73. The van der Waals surface area contributed by atoms with E-state index in [1.165, 1.54) is 11.1 Å². The van der Waals surface area contributed by atoms with Gasteiger partial charge in [-0.1, -0.05) is 56.9 Å². The molecule has 0 saturated carbocycles. The maximum Gasteiger partial charge on any atom is 0.315 e. The average Bonchev–Trinajstić information content (AvgIpc) is 3.30. The fourth-order valence-electron chi connectivity index (χ4n) is 3.72. The molecule has 0 spiro atoms. The maximum atomic E-state index is 12.6. The van der Waals surface area contributed by atoms with Gasteiger partial charge in [-0.2, -0.15) is 0 Å². The van der Waals surface area contributed by atoms with Crippen molar-refractivity contribution in [1.82, 2.24) is 5.32 Å². The first kappa shape index (κ1) is 28.0. The molecule has 1 saturated heterocycles. The Balaban J connectivity index is 0.00000249. The molecule has 0 amide bonds. The zero-order valence-corrected chi connectivity index (χ0v) is 21.2. The number of aryl methyl sites for hydroxylation is 1. The van der Waals surface area contributed by atoms with Gasteiger partial charge in [0.15, 0.2) is 0 Å². The zero-order chi connectivity index (χ0) is 23.9. The fraction of sp³-hybridized carbons (Fsp3) is 0.607. The summed E-state index contributed by atoms with van der Waals surface area (Å²) in [6, 6.07) is 3.79. The number of ether oxygens (including phenoxy) is 1. The molecule has 1 aliphatic rings.